The van der Waals surface area contributed by atoms with Gasteiger partial charge in [0, 0.05) is 22.2 Å². The number of amides is 1. The van der Waals surface area contributed by atoms with E-state index in [4.69, 9.17) is 4.74 Å². The number of aromatic hydroxyl groups is 1. The van der Waals surface area contributed by atoms with E-state index in [-0.39, 0.29) is 23.6 Å². The van der Waals surface area contributed by atoms with Crippen LogP contribution in [0.25, 0.3) is 10.8 Å². The van der Waals surface area contributed by atoms with Crippen molar-refractivity contribution in [3.8, 4) is 11.5 Å². The summed E-state index contributed by atoms with van der Waals surface area (Å²) in [4.78, 5) is 22.1. The van der Waals surface area contributed by atoms with E-state index in [1.54, 1.807) is 6.07 Å². The van der Waals surface area contributed by atoms with Crippen LogP contribution >= 0.6 is 31.9 Å². The summed E-state index contributed by atoms with van der Waals surface area (Å²) in [6.07, 6.45) is 1.12. The minimum Gasteiger partial charge on any atom is -0.507 e. The lowest BCUT2D eigenvalue weighted by Gasteiger charge is -2.10. The van der Waals surface area contributed by atoms with Gasteiger partial charge in [-0.05, 0) is 51.0 Å². The third-order valence-electron chi connectivity index (χ3n) is 3.85. The number of non-ortho nitro benzene ring substituents is 1. The second kappa shape index (κ2) is 9.01. The average Bonchev–Trinajstić information content (AvgIpc) is 2.68. The van der Waals surface area contributed by atoms with Gasteiger partial charge in [0.05, 0.1) is 15.6 Å². The van der Waals surface area contributed by atoms with Gasteiger partial charge in [-0.15, -0.1) is 0 Å². The van der Waals surface area contributed by atoms with Crippen LogP contribution in [-0.4, -0.2) is 28.8 Å². The molecule has 0 aromatic heterocycles. The van der Waals surface area contributed by atoms with Gasteiger partial charge in [0.15, 0.2) is 6.61 Å². The van der Waals surface area contributed by atoms with Gasteiger partial charge in [0.1, 0.15) is 11.5 Å². The smallest absolute Gasteiger partial charge is 0.277 e. The molecule has 0 bridgehead atoms. The van der Waals surface area contributed by atoms with E-state index >= 15 is 0 Å². The average molecular weight is 523 g/mol. The molecule has 0 aliphatic heterocycles. The molecule has 1 amide bonds. The van der Waals surface area contributed by atoms with Gasteiger partial charge < -0.3 is 9.84 Å². The van der Waals surface area contributed by atoms with Crippen molar-refractivity contribution in [3.05, 3.63) is 73.2 Å². The van der Waals surface area contributed by atoms with Crippen LogP contribution in [0, 0.1) is 10.1 Å². The first-order chi connectivity index (χ1) is 13.8. The molecule has 0 saturated carbocycles. The Hall–Kier alpha value is -2.98. The quantitative estimate of drug-likeness (QED) is 0.281. The van der Waals surface area contributed by atoms with Crippen LogP contribution < -0.4 is 10.2 Å². The molecule has 29 heavy (non-hydrogen) atoms. The Bertz CT molecular complexity index is 1130. The lowest BCUT2D eigenvalue weighted by Crippen LogP contribution is -2.24. The zero-order chi connectivity index (χ0) is 21.0. The van der Waals surface area contributed by atoms with Crippen molar-refractivity contribution in [3.63, 3.8) is 0 Å². The number of benzene rings is 3. The SMILES string of the molecule is O=C(COc1ccc2cc(Br)ccc2c1Br)NN=Cc1cc([N+](=O)[O-])ccc1O. The summed E-state index contributed by atoms with van der Waals surface area (Å²) in [5.74, 6) is -0.235. The number of carbonyl (C=O) groups is 1. The van der Waals surface area contributed by atoms with Crippen molar-refractivity contribution in [2.45, 2.75) is 0 Å². The number of ether oxygens (including phenoxy) is 1. The molecule has 0 saturated heterocycles. The van der Waals surface area contributed by atoms with Gasteiger partial charge >= 0.3 is 0 Å². The first-order valence-corrected chi connectivity index (χ1v) is 9.73. The molecule has 0 heterocycles. The molecule has 3 aromatic rings. The number of fused-ring (bicyclic) bond motifs is 1. The number of phenols is 1. The zero-order valence-electron chi connectivity index (χ0n) is 14.6. The number of carbonyl (C=O) groups excluding carboxylic acids is 1. The minimum atomic E-state index is -0.594. The van der Waals surface area contributed by atoms with Gasteiger partial charge in [-0.1, -0.05) is 28.1 Å². The Balaban J connectivity index is 1.62. The Morgan fingerprint density at radius 2 is 2.00 bits per heavy atom. The third-order valence-corrected chi connectivity index (χ3v) is 5.17. The molecule has 0 unspecified atom stereocenters. The number of hydrogen-bond donors (Lipinski definition) is 2. The predicted octanol–water partition coefficient (Wildman–Crippen LogP) is 4.51. The van der Waals surface area contributed by atoms with Crippen LogP contribution in [0.1, 0.15) is 5.56 Å². The third kappa shape index (κ3) is 5.09. The fourth-order valence-electron chi connectivity index (χ4n) is 2.46. The molecule has 0 fully saturated rings. The van der Waals surface area contributed by atoms with Crippen molar-refractivity contribution < 1.29 is 19.6 Å². The highest BCUT2D eigenvalue weighted by molar-refractivity contribution is 9.11. The lowest BCUT2D eigenvalue weighted by molar-refractivity contribution is -0.384. The van der Waals surface area contributed by atoms with E-state index in [0.717, 1.165) is 32.0 Å². The first kappa shape index (κ1) is 20.7. The van der Waals surface area contributed by atoms with E-state index in [2.05, 4.69) is 42.4 Å². The maximum atomic E-state index is 11.9. The molecule has 8 nitrogen and oxygen atoms in total. The van der Waals surface area contributed by atoms with E-state index in [9.17, 15) is 20.0 Å². The van der Waals surface area contributed by atoms with Crippen LogP contribution in [0.15, 0.2) is 62.6 Å². The highest BCUT2D eigenvalue weighted by atomic mass is 79.9. The van der Waals surface area contributed by atoms with Gasteiger partial charge in [-0.3, -0.25) is 14.9 Å². The predicted molar refractivity (Wildman–Crippen MR) is 115 cm³/mol. The van der Waals surface area contributed by atoms with Crippen molar-refractivity contribution >= 4 is 60.4 Å². The number of halogens is 2. The number of nitro benzene ring substituents is 1. The summed E-state index contributed by atoms with van der Waals surface area (Å²) < 4.78 is 7.21. The lowest BCUT2D eigenvalue weighted by atomic mass is 10.1. The molecule has 148 valence electrons. The summed E-state index contributed by atoms with van der Waals surface area (Å²) in [6.45, 7) is -0.293. The molecular formula is C19H13Br2N3O5. The Labute approximate surface area is 181 Å². The molecular weight excluding hydrogens is 510 g/mol. The number of rotatable bonds is 6. The van der Waals surface area contributed by atoms with Crippen LogP contribution in [0.2, 0.25) is 0 Å². The Kier molecular flexibility index (Phi) is 6.45. The molecule has 0 atom stereocenters. The topological polar surface area (TPSA) is 114 Å². The van der Waals surface area contributed by atoms with Crippen molar-refractivity contribution in [2.75, 3.05) is 6.61 Å². The number of hydrazone groups is 1. The van der Waals surface area contributed by atoms with Crippen molar-refractivity contribution in [1.82, 2.24) is 5.43 Å². The van der Waals surface area contributed by atoms with E-state index in [0.29, 0.717) is 5.75 Å². The minimum absolute atomic E-state index is 0.101. The monoisotopic (exact) mass is 521 g/mol. The Morgan fingerprint density at radius 3 is 2.76 bits per heavy atom. The largest absolute Gasteiger partial charge is 0.507 e. The van der Waals surface area contributed by atoms with E-state index in [1.165, 1.54) is 12.1 Å². The standard InChI is InChI=1S/C19H13Br2N3O5/c20-13-2-4-15-11(7-13)1-6-17(19(15)21)29-10-18(26)23-22-9-12-8-14(24(27)28)3-5-16(12)25/h1-9,25H,10H2,(H,23,26). The number of hydrogen-bond acceptors (Lipinski definition) is 6. The maximum Gasteiger partial charge on any atom is 0.277 e. The summed E-state index contributed by atoms with van der Waals surface area (Å²) in [7, 11) is 0. The van der Waals surface area contributed by atoms with Crippen LogP contribution in [0.5, 0.6) is 11.5 Å². The maximum absolute atomic E-state index is 11.9. The summed E-state index contributed by atoms with van der Waals surface area (Å²) >= 11 is 6.90. The molecule has 10 heteroatoms. The highest BCUT2D eigenvalue weighted by Gasteiger charge is 2.10. The second-order valence-electron chi connectivity index (χ2n) is 5.83. The number of nitro groups is 1. The van der Waals surface area contributed by atoms with Crippen LogP contribution in [0.3, 0.4) is 0 Å². The van der Waals surface area contributed by atoms with Gasteiger partial charge in [0.2, 0.25) is 0 Å². The van der Waals surface area contributed by atoms with Crippen molar-refractivity contribution in [1.29, 1.82) is 0 Å². The second-order valence-corrected chi connectivity index (χ2v) is 7.53. The normalized spacial score (nSPS) is 11.0. The number of phenolic OH excluding ortho intramolecular Hbond substituents is 1. The fraction of sp³-hybridized carbons (Fsp3) is 0.0526. The summed E-state index contributed by atoms with van der Waals surface area (Å²) in [5.41, 5.74) is 2.14. The molecule has 0 radical (unpaired) electrons. The number of nitrogens with one attached hydrogen (secondary N) is 1. The fourth-order valence-corrected chi connectivity index (χ4v) is 3.45. The summed E-state index contributed by atoms with van der Waals surface area (Å²) in [6, 6.07) is 12.9. The van der Waals surface area contributed by atoms with Crippen molar-refractivity contribution in [2.24, 2.45) is 5.10 Å². The van der Waals surface area contributed by atoms with Crippen LogP contribution in [0.4, 0.5) is 5.69 Å². The first-order valence-electron chi connectivity index (χ1n) is 8.15. The van der Waals surface area contributed by atoms with Gasteiger partial charge in [0.25, 0.3) is 11.6 Å². The molecule has 3 rings (SSSR count). The van der Waals surface area contributed by atoms with E-state index in [1.807, 2.05) is 24.3 Å². The number of nitrogens with zero attached hydrogens (tertiary/aromatic N) is 2. The molecule has 3 aromatic carbocycles. The molecule has 2 N–H and O–H groups in total. The van der Waals surface area contributed by atoms with Gasteiger partial charge in [-0.2, -0.15) is 5.10 Å². The summed E-state index contributed by atoms with van der Waals surface area (Å²) in [5, 5.41) is 26.1. The van der Waals surface area contributed by atoms with E-state index < -0.39 is 10.8 Å². The highest BCUT2D eigenvalue weighted by Crippen LogP contribution is 2.34. The molecule has 0 aliphatic carbocycles. The van der Waals surface area contributed by atoms with Gasteiger partial charge in [-0.25, -0.2) is 5.43 Å². The zero-order valence-corrected chi connectivity index (χ0v) is 17.8. The molecule has 0 spiro atoms. The van der Waals surface area contributed by atoms with Crippen LogP contribution in [-0.2, 0) is 4.79 Å². The molecule has 0 aliphatic rings. The Morgan fingerprint density at radius 1 is 1.21 bits per heavy atom.